The van der Waals surface area contributed by atoms with Crippen LogP contribution in [-0.2, 0) is 17.1 Å². The maximum atomic E-state index is 12.6. The number of amides is 1. The molecular formula is C105H74BBr3ClFeN5O8. The molecule has 1 heterocycles. The zero-order valence-electron chi connectivity index (χ0n) is 66.0. The monoisotopic (exact) mass is 1870 g/mol. The minimum Gasteiger partial charge on any atom is -0.423 e. The van der Waals surface area contributed by atoms with Gasteiger partial charge in [-0.1, -0.05) is 375 Å². The van der Waals surface area contributed by atoms with Gasteiger partial charge in [-0.3, -0.25) is 29.8 Å². The zero-order chi connectivity index (χ0) is 85.7. The number of nitro benzene ring substituents is 2. The molecule has 0 saturated heterocycles. The number of benzene rings is 19. The topological polar surface area (TPSA) is 212 Å². The number of aromatic nitrogens is 1. The first kappa shape index (κ1) is 88.2. The Labute approximate surface area is 756 Å². The van der Waals surface area contributed by atoms with Crippen molar-refractivity contribution in [1.29, 1.82) is 0 Å². The van der Waals surface area contributed by atoms with Gasteiger partial charge in [0.05, 0.1) is 32.1 Å². The molecule has 0 unspecified atom stereocenters. The van der Waals surface area contributed by atoms with Gasteiger partial charge in [-0.25, -0.2) is 4.98 Å². The first-order chi connectivity index (χ1) is 59.9. The van der Waals surface area contributed by atoms with Crippen molar-refractivity contribution in [1.82, 2.24) is 4.98 Å². The maximum absolute atomic E-state index is 12.6. The molecule has 0 aliphatic carbocycles. The number of hydrogen-bond donors (Lipinski definition) is 4. The van der Waals surface area contributed by atoms with Crippen LogP contribution in [0.5, 0.6) is 0 Å². The fourth-order valence-corrected chi connectivity index (χ4v) is 15.7. The van der Waals surface area contributed by atoms with Gasteiger partial charge in [0.15, 0.2) is 0 Å². The number of nitrogens with one attached hydrogen (secondary N) is 1. The molecule has 0 radical (unpaired) electrons. The standard InChI is InChI=1S/C23H16BrNO.C23H14BrN.C16H11NO2.C16H13N.C11H7ClO.C10H7Br.C6H6BNO4.Fe/c24-18-14-12-17(13-15-18)23(26)25-22-11-4-3-9-21(22)20-10-5-7-16-6-1-2-8-19(16)20;24-17-12-9-16(10-13-17)23-20-14-11-15-5-1-2-6-18(15)22(20)19-7-3-4-8-21(19)25-23;18-17(19)16-11-4-3-9-15(16)14-10-5-7-12-6-1-2-8-13(12)14;17-16-11-4-3-9-15(16)14-10-5-7-12-6-1-2-8-13(12)14;12-11(13)10-6-5-8-3-1-2-4-9(8)7-10;11-10-7-3-5-8-4-1-2-6-9(8)10;9-7(10)5-3-1-2-4-6(5)8(11)12;/h1-15H,(H,25,26);1-14H;1-11H;1-11H,17H2;1-7H;1-7H;1-4,9-10H;. The first-order valence-electron chi connectivity index (χ1n) is 39.0. The summed E-state index contributed by atoms with van der Waals surface area (Å²) in [5, 5.41) is 59.4. The number of rotatable bonds is 10. The summed E-state index contributed by atoms with van der Waals surface area (Å²) in [6.45, 7) is 0. The second kappa shape index (κ2) is 42.3. The predicted molar refractivity (Wildman–Crippen MR) is 520 cm³/mol. The van der Waals surface area contributed by atoms with Gasteiger partial charge in [0, 0.05) is 98.0 Å². The summed E-state index contributed by atoms with van der Waals surface area (Å²) in [7, 11) is -1.80. The molecule has 0 atom stereocenters. The number of nitrogen functional groups attached to an aromatic ring is 1. The van der Waals surface area contributed by atoms with Gasteiger partial charge in [0.2, 0.25) is 0 Å². The zero-order valence-corrected chi connectivity index (χ0v) is 72.7. The van der Waals surface area contributed by atoms with Crippen molar-refractivity contribution in [3.05, 3.63) is 463 Å². The molecule has 5 N–H and O–H groups in total. The second-order valence-electron chi connectivity index (χ2n) is 28.1. The van der Waals surface area contributed by atoms with Crippen molar-refractivity contribution in [2.45, 2.75) is 0 Å². The Kier molecular flexibility index (Phi) is 30.0. The van der Waals surface area contributed by atoms with Crippen LogP contribution in [0.25, 0.3) is 131 Å². The van der Waals surface area contributed by atoms with Crippen LogP contribution in [0, 0.1) is 20.2 Å². The largest absolute Gasteiger partial charge is 0.495 e. The molecular weight excluding hydrogens is 1800 g/mol. The van der Waals surface area contributed by atoms with Crippen molar-refractivity contribution < 1.29 is 46.6 Å². The quantitative estimate of drug-likeness (QED) is 0.0254. The molecule has 0 fully saturated rings. The molecule has 0 bridgehead atoms. The van der Waals surface area contributed by atoms with Gasteiger partial charge in [0.25, 0.3) is 22.5 Å². The third-order valence-electron chi connectivity index (χ3n) is 20.4. The second-order valence-corrected chi connectivity index (χ2v) is 31.2. The summed E-state index contributed by atoms with van der Waals surface area (Å²) in [5.74, 6) is -0.120. The average molecular weight is 1880 g/mol. The van der Waals surface area contributed by atoms with Crippen LogP contribution in [0.3, 0.4) is 0 Å². The van der Waals surface area contributed by atoms with E-state index in [1.54, 1.807) is 36.4 Å². The molecule has 1 amide bonds. The molecule has 124 heavy (non-hydrogen) atoms. The molecule has 0 spiro atoms. The Morgan fingerprint density at radius 1 is 0.355 bits per heavy atom. The van der Waals surface area contributed by atoms with E-state index in [1.807, 2.05) is 164 Å². The van der Waals surface area contributed by atoms with Crippen LogP contribution in [0.1, 0.15) is 20.7 Å². The van der Waals surface area contributed by atoms with E-state index < -0.39 is 17.3 Å². The molecule has 20 aromatic rings. The maximum Gasteiger partial charge on any atom is 0.495 e. The van der Waals surface area contributed by atoms with E-state index in [0.29, 0.717) is 16.7 Å². The third-order valence-corrected chi connectivity index (χ3v) is 22.4. The number of halogens is 4. The van der Waals surface area contributed by atoms with Gasteiger partial charge < -0.3 is 21.1 Å². The van der Waals surface area contributed by atoms with Gasteiger partial charge >= 0.3 is 7.12 Å². The number of anilines is 2. The normalized spacial score (nSPS) is 10.5. The third kappa shape index (κ3) is 21.5. The average Bonchev–Trinajstić information content (AvgIpc) is 0.740. The van der Waals surface area contributed by atoms with Crippen LogP contribution >= 0.6 is 59.4 Å². The van der Waals surface area contributed by atoms with Crippen LogP contribution < -0.4 is 16.5 Å². The SMILES string of the molecule is Brc1ccc(-c2nc3ccccc3c3c2ccc2ccccc23)cc1.Brc1cccc2ccccc12.Nc1ccccc1-c1cccc2ccccc12.O=C(Cl)c1ccc2ccccc2c1.O=C(Nc1ccccc1-c1cccc2ccccc12)c1ccc(Br)cc1.O=[N+]([O-])c1ccccc1-c1cccc2ccccc12.O=[N+]([O-])c1ccccc1B(O)O.[Fe]. The van der Waals surface area contributed by atoms with Crippen LogP contribution in [-0.4, -0.2) is 43.1 Å². The number of nitrogens with two attached hydrogens (primary N) is 1. The van der Waals surface area contributed by atoms with Crippen molar-refractivity contribution in [3.8, 4) is 44.6 Å². The smallest absolute Gasteiger partial charge is 0.423 e. The van der Waals surface area contributed by atoms with Gasteiger partial charge in [-0.2, -0.15) is 0 Å². The number of nitro groups is 2. The van der Waals surface area contributed by atoms with E-state index in [0.717, 1.165) is 85.4 Å². The number of pyridine rings is 1. The van der Waals surface area contributed by atoms with E-state index in [-0.39, 0.29) is 44.7 Å². The fraction of sp³-hybridized carbons (Fsp3) is 0. The van der Waals surface area contributed by atoms with E-state index in [9.17, 15) is 29.8 Å². The van der Waals surface area contributed by atoms with Crippen molar-refractivity contribution in [2.24, 2.45) is 0 Å². The minimum absolute atomic E-state index is 0. The van der Waals surface area contributed by atoms with Crippen molar-refractivity contribution in [2.75, 3.05) is 11.1 Å². The summed E-state index contributed by atoms with van der Waals surface area (Å²) >= 11 is 15.8. The van der Waals surface area contributed by atoms with Gasteiger partial charge in [0.1, 0.15) is 0 Å². The molecule has 13 nitrogen and oxygen atoms in total. The molecule has 20 rings (SSSR count). The Bertz CT molecular complexity index is 7220. The van der Waals surface area contributed by atoms with Crippen LogP contribution in [0.15, 0.2) is 432 Å². The first-order valence-corrected chi connectivity index (χ1v) is 41.8. The Hall–Kier alpha value is -13.6. The van der Waals surface area contributed by atoms with Crippen LogP contribution in [0.4, 0.5) is 22.7 Å². The molecule has 0 aliphatic heterocycles. The summed E-state index contributed by atoms with van der Waals surface area (Å²) in [5.41, 5.74) is 17.8. The van der Waals surface area contributed by atoms with Gasteiger partial charge in [-0.15, -0.1) is 0 Å². The fourth-order valence-electron chi connectivity index (χ4n) is 14.5. The molecule has 0 saturated carbocycles. The summed E-state index contributed by atoms with van der Waals surface area (Å²) in [6, 6.07) is 136. The molecule has 0 aliphatic rings. The van der Waals surface area contributed by atoms with Gasteiger partial charge in [-0.05, 0) is 172 Å². The van der Waals surface area contributed by atoms with E-state index in [2.05, 4.69) is 241 Å². The summed E-state index contributed by atoms with van der Waals surface area (Å²) in [4.78, 5) is 48.9. The van der Waals surface area contributed by atoms with E-state index in [4.69, 9.17) is 32.4 Å². The Morgan fingerprint density at radius 3 is 1.28 bits per heavy atom. The Morgan fingerprint density at radius 2 is 0.742 bits per heavy atom. The number of nitrogens with zero attached hydrogens (tertiary/aromatic N) is 3. The van der Waals surface area contributed by atoms with Crippen molar-refractivity contribution in [3.63, 3.8) is 0 Å². The number of fused-ring (bicyclic) bond motifs is 10. The van der Waals surface area contributed by atoms with E-state index in [1.165, 1.54) is 95.1 Å². The number of carbonyl (C=O) groups excluding carboxylic acids is 2. The van der Waals surface area contributed by atoms with Crippen molar-refractivity contribution >= 4 is 192 Å². The van der Waals surface area contributed by atoms with Crippen LogP contribution in [0.2, 0.25) is 0 Å². The minimum atomic E-state index is -1.80. The molecule has 19 heteroatoms. The molecule has 1 aromatic heterocycles. The predicted octanol–water partition coefficient (Wildman–Crippen LogP) is 28.1. The number of carbonyl (C=O) groups is 2. The summed E-state index contributed by atoms with van der Waals surface area (Å²) < 4.78 is 3.19. The number of hydrogen-bond acceptors (Lipinski definition) is 10. The number of para-hydroxylation sites is 5. The van der Waals surface area contributed by atoms with E-state index >= 15 is 0 Å². The molecule has 606 valence electrons. The Balaban J connectivity index is 0.000000127. The summed E-state index contributed by atoms with van der Waals surface area (Å²) in [6.07, 6.45) is 0. The molecule has 19 aromatic carbocycles.